The monoisotopic (exact) mass is 290 g/mol. The van der Waals surface area contributed by atoms with E-state index in [-0.39, 0.29) is 17.9 Å². The van der Waals surface area contributed by atoms with E-state index in [4.69, 9.17) is 4.74 Å². The van der Waals surface area contributed by atoms with Crippen LogP contribution in [0.2, 0.25) is 0 Å². The lowest BCUT2D eigenvalue weighted by atomic mass is 10.1. The Bertz CT molecular complexity index is 479. The lowest BCUT2D eigenvalue weighted by Crippen LogP contribution is -2.31. The number of hydrogen-bond acceptors (Lipinski definition) is 3. The molecule has 1 aliphatic rings. The molecule has 1 aromatic carbocycles. The highest BCUT2D eigenvalue weighted by atomic mass is 16.5. The van der Waals surface area contributed by atoms with Crippen molar-refractivity contribution in [2.24, 2.45) is 0 Å². The molecule has 0 aromatic heterocycles. The summed E-state index contributed by atoms with van der Waals surface area (Å²) in [5, 5.41) is 5.66. The van der Waals surface area contributed by atoms with Crippen molar-refractivity contribution in [1.29, 1.82) is 0 Å². The maximum absolute atomic E-state index is 12.0. The molecule has 5 heteroatoms. The molecule has 0 aliphatic carbocycles. The zero-order valence-electron chi connectivity index (χ0n) is 12.4. The third-order valence-electron chi connectivity index (χ3n) is 3.46. The van der Waals surface area contributed by atoms with Crippen LogP contribution in [0.3, 0.4) is 0 Å². The minimum absolute atomic E-state index is 0.108. The number of amides is 2. The molecule has 1 heterocycles. The van der Waals surface area contributed by atoms with Gasteiger partial charge in [-0.3, -0.25) is 9.59 Å². The third-order valence-corrected chi connectivity index (χ3v) is 3.46. The smallest absolute Gasteiger partial charge is 0.251 e. The fraction of sp³-hybridized carbons (Fsp3) is 0.500. The van der Waals surface area contributed by atoms with Crippen LogP contribution in [-0.2, 0) is 4.74 Å². The molecule has 0 saturated carbocycles. The summed E-state index contributed by atoms with van der Waals surface area (Å²) in [5.74, 6) is -0.241. The summed E-state index contributed by atoms with van der Waals surface area (Å²) in [4.78, 5) is 23.7. The van der Waals surface area contributed by atoms with E-state index in [0.29, 0.717) is 24.2 Å². The molecule has 1 aliphatic heterocycles. The van der Waals surface area contributed by atoms with Gasteiger partial charge in [0.25, 0.3) is 11.8 Å². The first-order chi connectivity index (χ1) is 10.2. The highest BCUT2D eigenvalue weighted by Crippen LogP contribution is 2.11. The molecule has 5 nitrogen and oxygen atoms in total. The van der Waals surface area contributed by atoms with Gasteiger partial charge in [0.05, 0.1) is 6.10 Å². The average Bonchev–Trinajstić information content (AvgIpc) is 3.04. The summed E-state index contributed by atoms with van der Waals surface area (Å²) in [6.45, 7) is 3.98. The van der Waals surface area contributed by atoms with E-state index in [2.05, 4.69) is 10.6 Å². The Morgan fingerprint density at radius 2 is 1.76 bits per heavy atom. The van der Waals surface area contributed by atoms with Crippen LogP contribution < -0.4 is 10.6 Å². The molecular weight excluding hydrogens is 268 g/mol. The largest absolute Gasteiger partial charge is 0.376 e. The van der Waals surface area contributed by atoms with Crippen molar-refractivity contribution in [2.75, 3.05) is 19.7 Å². The molecule has 0 bridgehead atoms. The van der Waals surface area contributed by atoms with E-state index in [1.54, 1.807) is 24.3 Å². The van der Waals surface area contributed by atoms with Gasteiger partial charge in [0.2, 0.25) is 0 Å². The molecule has 1 saturated heterocycles. The highest BCUT2D eigenvalue weighted by molar-refractivity contribution is 5.97. The van der Waals surface area contributed by atoms with Crippen molar-refractivity contribution in [1.82, 2.24) is 10.6 Å². The summed E-state index contributed by atoms with van der Waals surface area (Å²) in [5.41, 5.74) is 1.12. The SMILES string of the molecule is CCCNC(=O)c1ccc(C(=O)NCC2CCCO2)cc1. The molecule has 21 heavy (non-hydrogen) atoms. The van der Waals surface area contributed by atoms with Crippen LogP contribution in [0.1, 0.15) is 46.9 Å². The van der Waals surface area contributed by atoms with E-state index in [1.807, 2.05) is 6.92 Å². The van der Waals surface area contributed by atoms with Crippen molar-refractivity contribution in [2.45, 2.75) is 32.3 Å². The molecule has 1 atom stereocenters. The molecule has 1 fully saturated rings. The molecule has 2 rings (SSSR count). The molecule has 0 spiro atoms. The summed E-state index contributed by atoms with van der Waals surface area (Å²) >= 11 is 0. The van der Waals surface area contributed by atoms with Gasteiger partial charge in [-0.2, -0.15) is 0 Å². The summed E-state index contributed by atoms with van der Waals surface area (Å²) in [6.07, 6.45) is 3.09. The predicted molar refractivity (Wildman–Crippen MR) is 80.4 cm³/mol. The number of carbonyl (C=O) groups is 2. The topological polar surface area (TPSA) is 67.4 Å². The summed E-state index contributed by atoms with van der Waals surface area (Å²) < 4.78 is 5.46. The minimum Gasteiger partial charge on any atom is -0.376 e. The summed E-state index contributed by atoms with van der Waals surface area (Å²) in [7, 11) is 0. The second kappa shape index (κ2) is 7.78. The number of carbonyl (C=O) groups excluding carboxylic acids is 2. The van der Waals surface area contributed by atoms with Crippen LogP contribution >= 0.6 is 0 Å². The van der Waals surface area contributed by atoms with E-state index in [1.165, 1.54) is 0 Å². The van der Waals surface area contributed by atoms with E-state index in [0.717, 1.165) is 25.9 Å². The van der Waals surface area contributed by atoms with Gasteiger partial charge in [-0.25, -0.2) is 0 Å². The predicted octanol–water partition coefficient (Wildman–Crippen LogP) is 1.74. The van der Waals surface area contributed by atoms with Crippen molar-refractivity contribution in [3.05, 3.63) is 35.4 Å². The molecule has 0 radical (unpaired) electrons. The fourth-order valence-electron chi connectivity index (χ4n) is 2.23. The van der Waals surface area contributed by atoms with Gasteiger partial charge in [-0.05, 0) is 43.5 Å². The van der Waals surface area contributed by atoms with E-state index >= 15 is 0 Å². The van der Waals surface area contributed by atoms with Crippen LogP contribution in [0.25, 0.3) is 0 Å². The quantitative estimate of drug-likeness (QED) is 0.838. The van der Waals surface area contributed by atoms with Gasteiger partial charge in [-0.1, -0.05) is 6.92 Å². The fourth-order valence-corrected chi connectivity index (χ4v) is 2.23. The zero-order chi connectivity index (χ0) is 15.1. The number of benzene rings is 1. The average molecular weight is 290 g/mol. The van der Waals surface area contributed by atoms with Gasteiger partial charge < -0.3 is 15.4 Å². The maximum Gasteiger partial charge on any atom is 0.251 e. The van der Waals surface area contributed by atoms with Crippen molar-refractivity contribution < 1.29 is 14.3 Å². The molecule has 114 valence electrons. The normalized spacial score (nSPS) is 17.5. The van der Waals surface area contributed by atoms with Gasteiger partial charge >= 0.3 is 0 Å². The number of ether oxygens (including phenoxy) is 1. The molecule has 1 aromatic rings. The Hall–Kier alpha value is -1.88. The van der Waals surface area contributed by atoms with Crippen LogP contribution in [0.15, 0.2) is 24.3 Å². The number of nitrogens with one attached hydrogen (secondary N) is 2. The Labute approximate surface area is 125 Å². The molecule has 2 N–H and O–H groups in total. The number of hydrogen-bond donors (Lipinski definition) is 2. The first-order valence-corrected chi connectivity index (χ1v) is 7.48. The maximum atomic E-state index is 12.0. The van der Waals surface area contributed by atoms with Crippen molar-refractivity contribution in [3.63, 3.8) is 0 Å². The number of rotatable bonds is 6. The van der Waals surface area contributed by atoms with E-state index in [9.17, 15) is 9.59 Å². The van der Waals surface area contributed by atoms with Crippen LogP contribution in [0, 0.1) is 0 Å². The van der Waals surface area contributed by atoms with Crippen LogP contribution in [0.5, 0.6) is 0 Å². The van der Waals surface area contributed by atoms with E-state index < -0.39 is 0 Å². The summed E-state index contributed by atoms with van der Waals surface area (Å²) in [6, 6.07) is 6.69. The van der Waals surface area contributed by atoms with Crippen molar-refractivity contribution in [3.8, 4) is 0 Å². The van der Waals surface area contributed by atoms with Crippen LogP contribution in [0.4, 0.5) is 0 Å². The second-order valence-electron chi connectivity index (χ2n) is 5.18. The Balaban J connectivity index is 1.85. The first kappa shape index (κ1) is 15.5. The van der Waals surface area contributed by atoms with Crippen LogP contribution in [-0.4, -0.2) is 37.6 Å². The van der Waals surface area contributed by atoms with Gasteiger partial charge in [0.15, 0.2) is 0 Å². The molecule has 2 amide bonds. The molecule has 1 unspecified atom stereocenters. The van der Waals surface area contributed by atoms with Gasteiger partial charge in [0.1, 0.15) is 0 Å². The second-order valence-corrected chi connectivity index (χ2v) is 5.18. The Morgan fingerprint density at radius 3 is 2.29 bits per heavy atom. The first-order valence-electron chi connectivity index (χ1n) is 7.48. The lowest BCUT2D eigenvalue weighted by molar-refractivity contribution is 0.0857. The standard InChI is InChI=1S/C16H22N2O3/c1-2-9-17-15(19)12-5-7-13(8-6-12)16(20)18-11-14-4-3-10-21-14/h5-8,14H,2-4,9-11H2,1H3,(H,17,19)(H,18,20). The zero-order valence-corrected chi connectivity index (χ0v) is 12.4. The Morgan fingerprint density at radius 1 is 1.14 bits per heavy atom. The highest BCUT2D eigenvalue weighted by Gasteiger charge is 2.16. The Kier molecular flexibility index (Phi) is 5.75. The lowest BCUT2D eigenvalue weighted by Gasteiger charge is -2.11. The van der Waals surface area contributed by atoms with Gasteiger partial charge in [0, 0.05) is 30.8 Å². The minimum atomic E-state index is -0.133. The van der Waals surface area contributed by atoms with Crippen molar-refractivity contribution >= 4 is 11.8 Å². The van der Waals surface area contributed by atoms with Gasteiger partial charge in [-0.15, -0.1) is 0 Å². The molecular formula is C16H22N2O3. The third kappa shape index (κ3) is 4.56.